The molecule has 0 N–H and O–H groups in total. The largest absolute Gasteiger partial charge is 0.464 e. The van der Waals surface area contributed by atoms with Gasteiger partial charge in [-0.25, -0.2) is 9.97 Å². The van der Waals surface area contributed by atoms with Crippen LogP contribution >= 0.6 is 0 Å². The zero-order valence-electron chi connectivity index (χ0n) is 15.9. The van der Waals surface area contributed by atoms with E-state index in [1.807, 2.05) is 24.0 Å². The number of carbonyl (C=O) groups is 1. The van der Waals surface area contributed by atoms with Crippen molar-refractivity contribution in [1.82, 2.24) is 19.8 Å². The quantitative estimate of drug-likeness (QED) is 0.795. The fourth-order valence-electron chi connectivity index (χ4n) is 3.62. The van der Waals surface area contributed by atoms with Crippen molar-refractivity contribution in [1.29, 1.82) is 0 Å². The Morgan fingerprint density at radius 3 is 2.88 bits per heavy atom. The molecule has 26 heavy (non-hydrogen) atoms. The molecule has 1 atom stereocenters. The number of rotatable bonds is 6. The summed E-state index contributed by atoms with van der Waals surface area (Å²) >= 11 is 0. The molecule has 0 radical (unpaired) electrons. The maximum Gasteiger partial charge on any atom is 0.257 e. The number of nitrogens with zero attached hydrogens (tertiary/aromatic N) is 4. The van der Waals surface area contributed by atoms with Gasteiger partial charge in [-0.3, -0.25) is 9.69 Å². The summed E-state index contributed by atoms with van der Waals surface area (Å²) in [7, 11) is 0. The molecule has 1 aliphatic heterocycles. The van der Waals surface area contributed by atoms with Gasteiger partial charge in [-0.2, -0.15) is 0 Å². The molecular formula is C20H28N4O2. The molecule has 0 aromatic carbocycles. The third-order valence-electron chi connectivity index (χ3n) is 5.20. The van der Waals surface area contributed by atoms with Crippen molar-refractivity contribution in [2.75, 3.05) is 26.2 Å². The van der Waals surface area contributed by atoms with E-state index < -0.39 is 0 Å². The van der Waals surface area contributed by atoms with Crippen LogP contribution in [0.15, 0.2) is 29.1 Å². The normalized spacial score (nSPS) is 17.7. The molecule has 1 amide bonds. The van der Waals surface area contributed by atoms with Crippen LogP contribution in [0.5, 0.6) is 0 Å². The monoisotopic (exact) mass is 356 g/mol. The number of hydrogen-bond donors (Lipinski definition) is 0. The van der Waals surface area contributed by atoms with E-state index in [0.29, 0.717) is 17.9 Å². The van der Waals surface area contributed by atoms with E-state index in [9.17, 15) is 4.79 Å². The standard InChI is InChI=1S/C20H28N4O2/c1-4-23(5-2)13-17-11-18(15(3)26-17)20(25)24-10-6-7-16(12-24)19-8-9-21-14-22-19/h8-9,11,14,16H,4-7,10,12-13H2,1-3H3/t16-/m0/s1. The lowest BCUT2D eigenvalue weighted by atomic mass is 9.94. The first kappa shape index (κ1) is 18.6. The number of piperidine rings is 1. The van der Waals surface area contributed by atoms with Crippen LogP contribution in [0.1, 0.15) is 60.2 Å². The summed E-state index contributed by atoms with van der Waals surface area (Å²) in [5.41, 5.74) is 1.71. The summed E-state index contributed by atoms with van der Waals surface area (Å²) < 4.78 is 5.86. The van der Waals surface area contributed by atoms with E-state index in [4.69, 9.17) is 4.42 Å². The van der Waals surface area contributed by atoms with Crippen molar-refractivity contribution in [2.45, 2.75) is 46.1 Å². The van der Waals surface area contributed by atoms with E-state index in [-0.39, 0.29) is 11.8 Å². The maximum absolute atomic E-state index is 13.1. The van der Waals surface area contributed by atoms with Gasteiger partial charge in [-0.15, -0.1) is 0 Å². The second-order valence-corrected chi connectivity index (χ2v) is 6.87. The summed E-state index contributed by atoms with van der Waals surface area (Å²) in [5, 5.41) is 0. The highest BCUT2D eigenvalue weighted by atomic mass is 16.3. The first-order chi connectivity index (χ1) is 12.6. The molecule has 3 heterocycles. The lowest BCUT2D eigenvalue weighted by molar-refractivity contribution is 0.0704. The number of furan rings is 1. The van der Waals surface area contributed by atoms with Gasteiger partial charge in [0.15, 0.2) is 0 Å². The van der Waals surface area contributed by atoms with E-state index in [1.165, 1.54) is 0 Å². The average Bonchev–Trinajstić information content (AvgIpc) is 3.06. The summed E-state index contributed by atoms with van der Waals surface area (Å²) in [6, 6.07) is 3.87. The van der Waals surface area contributed by atoms with E-state index in [2.05, 4.69) is 28.7 Å². The molecule has 0 unspecified atom stereocenters. The summed E-state index contributed by atoms with van der Waals surface area (Å²) in [4.78, 5) is 25.6. The van der Waals surface area contributed by atoms with Gasteiger partial charge in [0.1, 0.15) is 17.8 Å². The van der Waals surface area contributed by atoms with Crippen LogP contribution in [0.3, 0.4) is 0 Å². The second kappa shape index (κ2) is 8.45. The fourth-order valence-corrected chi connectivity index (χ4v) is 3.62. The smallest absolute Gasteiger partial charge is 0.257 e. The highest BCUT2D eigenvalue weighted by Gasteiger charge is 2.28. The minimum absolute atomic E-state index is 0.0656. The van der Waals surface area contributed by atoms with Crippen LogP contribution in [0.4, 0.5) is 0 Å². The molecule has 3 rings (SSSR count). The van der Waals surface area contributed by atoms with Gasteiger partial charge in [-0.1, -0.05) is 13.8 Å². The predicted octanol–water partition coefficient (Wildman–Crippen LogP) is 3.24. The number of amides is 1. The van der Waals surface area contributed by atoms with E-state index in [1.54, 1.807) is 12.5 Å². The molecule has 0 bridgehead atoms. The Labute approximate surface area is 155 Å². The van der Waals surface area contributed by atoms with Crippen LogP contribution in [0.2, 0.25) is 0 Å². The molecule has 2 aromatic heterocycles. The Morgan fingerprint density at radius 1 is 1.38 bits per heavy atom. The molecule has 2 aromatic rings. The van der Waals surface area contributed by atoms with Crippen LogP contribution in [0, 0.1) is 6.92 Å². The Balaban J connectivity index is 1.71. The third-order valence-corrected chi connectivity index (χ3v) is 5.20. The SMILES string of the molecule is CCN(CC)Cc1cc(C(=O)N2CCC[C@H](c3ccncn3)C2)c(C)o1. The molecular weight excluding hydrogens is 328 g/mol. The van der Waals surface area contributed by atoms with Gasteiger partial charge < -0.3 is 9.32 Å². The Bertz CT molecular complexity index is 725. The first-order valence-corrected chi connectivity index (χ1v) is 9.49. The number of hydrogen-bond acceptors (Lipinski definition) is 5. The van der Waals surface area contributed by atoms with Crippen LogP contribution in [0.25, 0.3) is 0 Å². The zero-order chi connectivity index (χ0) is 18.5. The molecule has 1 aliphatic rings. The molecule has 1 saturated heterocycles. The highest BCUT2D eigenvalue weighted by molar-refractivity contribution is 5.95. The minimum Gasteiger partial charge on any atom is -0.464 e. The number of aromatic nitrogens is 2. The molecule has 0 spiro atoms. The summed E-state index contributed by atoms with van der Waals surface area (Å²) in [6.07, 6.45) is 5.39. The van der Waals surface area contributed by atoms with Gasteiger partial charge in [-0.05, 0) is 45.0 Å². The topological polar surface area (TPSA) is 62.5 Å². The minimum atomic E-state index is 0.0656. The van der Waals surface area contributed by atoms with Crippen molar-refractivity contribution in [3.63, 3.8) is 0 Å². The fraction of sp³-hybridized carbons (Fsp3) is 0.550. The van der Waals surface area contributed by atoms with Crippen molar-refractivity contribution >= 4 is 5.91 Å². The van der Waals surface area contributed by atoms with Crippen LogP contribution in [-0.4, -0.2) is 51.9 Å². The van der Waals surface area contributed by atoms with Crippen molar-refractivity contribution in [2.24, 2.45) is 0 Å². The summed E-state index contributed by atoms with van der Waals surface area (Å²) in [6.45, 7) is 10.3. The molecule has 140 valence electrons. The molecule has 0 saturated carbocycles. The Kier molecular flexibility index (Phi) is 6.04. The first-order valence-electron chi connectivity index (χ1n) is 9.49. The maximum atomic E-state index is 13.1. The predicted molar refractivity (Wildman–Crippen MR) is 100.0 cm³/mol. The van der Waals surface area contributed by atoms with Crippen LogP contribution in [-0.2, 0) is 6.54 Å². The third kappa shape index (κ3) is 4.12. The molecule has 0 aliphatic carbocycles. The Hall–Kier alpha value is -2.21. The lowest BCUT2D eigenvalue weighted by Crippen LogP contribution is -2.39. The average molecular weight is 356 g/mol. The van der Waals surface area contributed by atoms with Gasteiger partial charge in [0.05, 0.1) is 12.1 Å². The molecule has 1 fully saturated rings. The molecule has 6 heteroatoms. The van der Waals surface area contributed by atoms with Crippen molar-refractivity contribution < 1.29 is 9.21 Å². The van der Waals surface area contributed by atoms with Crippen molar-refractivity contribution in [3.8, 4) is 0 Å². The number of aryl methyl sites for hydroxylation is 1. The van der Waals surface area contributed by atoms with Crippen LogP contribution < -0.4 is 0 Å². The van der Waals surface area contributed by atoms with E-state index in [0.717, 1.165) is 50.5 Å². The van der Waals surface area contributed by atoms with Crippen molar-refractivity contribution in [3.05, 3.63) is 47.4 Å². The van der Waals surface area contributed by atoms with Gasteiger partial charge in [0.25, 0.3) is 5.91 Å². The number of likely N-dealkylation sites (tertiary alicyclic amines) is 1. The lowest BCUT2D eigenvalue weighted by Gasteiger charge is -2.32. The van der Waals surface area contributed by atoms with Gasteiger partial charge >= 0.3 is 0 Å². The van der Waals surface area contributed by atoms with Gasteiger partial charge in [0, 0.05) is 30.9 Å². The van der Waals surface area contributed by atoms with Gasteiger partial charge in [0.2, 0.25) is 0 Å². The zero-order valence-corrected chi connectivity index (χ0v) is 15.9. The van der Waals surface area contributed by atoms with E-state index >= 15 is 0 Å². The Morgan fingerprint density at radius 2 is 2.19 bits per heavy atom. The highest BCUT2D eigenvalue weighted by Crippen LogP contribution is 2.27. The number of carbonyl (C=O) groups excluding carboxylic acids is 1. The second-order valence-electron chi connectivity index (χ2n) is 6.87. The summed E-state index contributed by atoms with van der Waals surface area (Å²) in [5.74, 6) is 1.91. The molecule has 6 nitrogen and oxygen atoms in total.